The summed E-state index contributed by atoms with van der Waals surface area (Å²) in [5.41, 5.74) is 1.45. The molecule has 2 heteroatoms. The molecule has 0 atom stereocenters. The molecule has 0 heterocycles. The molecule has 54 valence electrons. The zero-order chi connectivity index (χ0) is 7.28. The Morgan fingerprint density at radius 2 is 1.80 bits per heavy atom. The van der Waals surface area contributed by atoms with Gasteiger partial charge in [0.25, 0.3) is 0 Å². The van der Waals surface area contributed by atoms with Crippen LogP contribution in [-0.2, 0) is 25.9 Å². The first-order valence-electron chi connectivity index (χ1n) is 2.77. The predicted octanol–water partition coefficient (Wildman–Crippen LogP) is 1.70. The van der Waals surface area contributed by atoms with Crippen LogP contribution in [0, 0.1) is 12.2 Å². The number of hydrogen-bond acceptors (Lipinski definition) is 1. The van der Waals surface area contributed by atoms with Gasteiger partial charge in [-0.25, -0.2) is 0 Å². The van der Waals surface area contributed by atoms with E-state index in [9.17, 15) is 4.79 Å². The van der Waals surface area contributed by atoms with Gasteiger partial charge in [-0.3, -0.25) is 0 Å². The van der Waals surface area contributed by atoms with E-state index in [4.69, 9.17) is 0 Å². The summed E-state index contributed by atoms with van der Waals surface area (Å²) in [5, 5.41) is 0. The molecule has 10 heavy (non-hydrogen) atoms. The van der Waals surface area contributed by atoms with E-state index in [2.05, 4.69) is 12.2 Å². The number of rotatable bonds is 2. The summed E-state index contributed by atoms with van der Waals surface area (Å²) in [7, 11) is 0. The van der Waals surface area contributed by atoms with Crippen LogP contribution in [0.25, 0.3) is 0 Å². The summed E-state index contributed by atoms with van der Waals surface area (Å²) in [6.45, 7) is 5.32. The molecule has 0 aromatic carbocycles. The summed E-state index contributed by atoms with van der Waals surface area (Å²) in [6, 6.07) is 0. The first kappa shape index (κ1) is 12.5. The number of aldehydes is 1. The van der Waals surface area contributed by atoms with Crippen LogP contribution in [-0.4, -0.2) is 6.29 Å². The summed E-state index contributed by atoms with van der Waals surface area (Å²) in [6.07, 6.45) is 6.39. The minimum atomic E-state index is 0. The van der Waals surface area contributed by atoms with Crippen molar-refractivity contribution in [3.63, 3.8) is 0 Å². The number of allylic oxidation sites excluding steroid dienone is 4. The second-order valence-corrected chi connectivity index (χ2v) is 1.66. The van der Waals surface area contributed by atoms with Crippen molar-refractivity contribution in [2.45, 2.75) is 20.8 Å². The first-order chi connectivity index (χ1) is 4.26. The third-order valence-electron chi connectivity index (χ3n) is 1.17. The average Bonchev–Trinajstić information content (AvgIpc) is 1.90. The van der Waals surface area contributed by atoms with Crippen molar-refractivity contribution in [2.24, 2.45) is 0 Å². The third-order valence-corrected chi connectivity index (χ3v) is 1.17. The van der Waals surface area contributed by atoms with Crippen LogP contribution in [0.4, 0.5) is 0 Å². The van der Waals surface area contributed by atoms with Gasteiger partial charge < -0.3 is 28.1 Å². The van der Waals surface area contributed by atoms with Crippen LogP contribution in [0.2, 0.25) is 0 Å². The largest absolute Gasteiger partial charge is 2.00 e. The maximum absolute atomic E-state index is 10.2. The molecule has 0 saturated carbocycles. The van der Waals surface area contributed by atoms with Crippen LogP contribution < -0.4 is 0 Å². The normalized spacial score (nSPS) is 12.3. The molecule has 0 spiro atoms. The molecule has 0 amide bonds. The van der Waals surface area contributed by atoms with Gasteiger partial charge in [-0.15, -0.1) is 20.8 Å². The molecule has 0 aromatic heterocycles. The number of hydrogen-bond donors (Lipinski definition) is 0. The van der Waals surface area contributed by atoms with Gasteiger partial charge in [0.2, 0.25) is 0 Å². The Kier molecular flexibility index (Phi) is 8.70. The second-order valence-electron chi connectivity index (χ2n) is 1.66. The Morgan fingerprint density at radius 3 is 1.90 bits per heavy atom. The fourth-order valence-electron chi connectivity index (χ4n) is 0.469. The van der Waals surface area contributed by atoms with Crippen LogP contribution in [0.3, 0.4) is 0 Å². The molecule has 0 aliphatic rings. The van der Waals surface area contributed by atoms with Gasteiger partial charge in [0, 0.05) is 0 Å². The molecular weight excluding hydrogens is 296 g/mol. The summed E-state index contributed by atoms with van der Waals surface area (Å²) >= 11 is 0. The van der Waals surface area contributed by atoms with Crippen LogP contribution in [0.1, 0.15) is 20.8 Å². The van der Waals surface area contributed by atoms with E-state index in [1.54, 1.807) is 13.8 Å². The molecule has 0 bridgehead atoms. The number of carbonyl (C=O) groups is 1. The van der Waals surface area contributed by atoms with Gasteiger partial charge >= 0.3 is 21.1 Å². The smallest absolute Gasteiger partial charge is 0.395 e. The zero-order valence-electron chi connectivity index (χ0n) is 6.39. The molecule has 0 aromatic rings. The predicted molar refractivity (Wildman–Crippen MR) is 36.6 cm³/mol. The molecule has 0 unspecified atom stereocenters. The SMILES string of the molecule is C[C-]=C(C)C(=[C-]C)C=O.[W+2]. The summed E-state index contributed by atoms with van der Waals surface area (Å²) in [5.74, 6) is 0. The topological polar surface area (TPSA) is 17.1 Å². The molecule has 0 N–H and O–H groups in total. The Balaban J connectivity index is 0. The molecule has 0 aliphatic heterocycles. The fourth-order valence-corrected chi connectivity index (χ4v) is 0.469. The van der Waals surface area contributed by atoms with Crippen LogP contribution in [0.15, 0.2) is 11.1 Å². The fraction of sp³-hybridized carbons (Fsp3) is 0.375. The molecule has 1 nitrogen and oxygen atoms in total. The van der Waals surface area contributed by atoms with E-state index in [1.165, 1.54) is 0 Å². The second kappa shape index (κ2) is 6.95. The maximum Gasteiger partial charge on any atom is 2.00 e. The van der Waals surface area contributed by atoms with Gasteiger partial charge in [-0.05, 0) is 6.29 Å². The van der Waals surface area contributed by atoms with Crippen LogP contribution >= 0.6 is 0 Å². The molecule has 0 aliphatic carbocycles. The molecule has 0 rings (SSSR count). The van der Waals surface area contributed by atoms with Crippen molar-refractivity contribution in [3.05, 3.63) is 23.3 Å². The standard InChI is InChI=1S/C8H10O.W/c1-4-7(3)8(5-2)6-9;/h6H,1-3H3;/q-2;+2. The molecule has 0 fully saturated rings. The monoisotopic (exact) mass is 306 g/mol. The molecular formula is C8H10OW. The average molecular weight is 306 g/mol. The van der Waals surface area contributed by atoms with Crippen molar-refractivity contribution in [2.75, 3.05) is 0 Å². The minimum absolute atomic E-state index is 0. The van der Waals surface area contributed by atoms with Gasteiger partial charge in [-0.1, -0.05) is 0 Å². The Labute approximate surface area is 76.5 Å². The maximum atomic E-state index is 10.2. The molecule has 0 saturated heterocycles. The van der Waals surface area contributed by atoms with E-state index in [1.807, 2.05) is 6.92 Å². The molecule has 0 radical (unpaired) electrons. The Morgan fingerprint density at radius 1 is 1.30 bits per heavy atom. The van der Waals surface area contributed by atoms with Crippen molar-refractivity contribution >= 4 is 6.29 Å². The van der Waals surface area contributed by atoms with E-state index in [0.29, 0.717) is 5.57 Å². The third kappa shape index (κ3) is 3.79. The minimum Gasteiger partial charge on any atom is -0.395 e. The Bertz CT molecular complexity index is 157. The quantitative estimate of drug-likeness (QED) is 0.328. The number of carbonyl (C=O) groups excluding carboxylic acids is 1. The van der Waals surface area contributed by atoms with E-state index in [0.717, 1.165) is 11.9 Å². The summed E-state index contributed by atoms with van der Waals surface area (Å²) < 4.78 is 0. The van der Waals surface area contributed by atoms with Crippen LogP contribution in [0.5, 0.6) is 0 Å². The zero-order valence-corrected chi connectivity index (χ0v) is 9.33. The van der Waals surface area contributed by atoms with Crippen molar-refractivity contribution < 1.29 is 25.9 Å². The van der Waals surface area contributed by atoms with Gasteiger partial charge in [0.15, 0.2) is 0 Å². The van der Waals surface area contributed by atoms with Crippen molar-refractivity contribution in [1.29, 1.82) is 0 Å². The van der Waals surface area contributed by atoms with Gasteiger partial charge in [-0.2, -0.15) is 0 Å². The van der Waals surface area contributed by atoms with Crippen molar-refractivity contribution in [3.8, 4) is 0 Å². The van der Waals surface area contributed by atoms with E-state index in [-0.39, 0.29) is 21.1 Å². The van der Waals surface area contributed by atoms with Gasteiger partial charge in [0.05, 0.1) is 0 Å². The Hall–Kier alpha value is -0.162. The van der Waals surface area contributed by atoms with Crippen molar-refractivity contribution in [1.82, 2.24) is 0 Å². The van der Waals surface area contributed by atoms with E-state index < -0.39 is 0 Å². The van der Waals surface area contributed by atoms with Gasteiger partial charge in [0.1, 0.15) is 0 Å². The van der Waals surface area contributed by atoms with E-state index >= 15 is 0 Å². The summed E-state index contributed by atoms with van der Waals surface area (Å²) in [4.78, 5) is 10.2. The first-order valence-corrected chi connectivity index (χ1v) is 2.77.